The highest BCUT2D eigenvalue weighted by Crippen LogP contribution is 2.03. The molecule has 1 aromatic rings. The van der Waals surface area contributed by atoms with Crippen LogP contribution in [-0.4, -0.2) is 65.1 Å². The molecule has 1 aliphatic rings. The van der Waals surface area contributed by atoms with Crippen LogP contribution in [0.4, 0.5) is 0 Å². The minimum atomic E-state index is 0.315. The molecule has 6 nitrogen and oxygen atoms in total. The summed E-state index contributed by atoms with van der Waals surface area (Å²) in [5.41, 5.74) is 0. The summed E-state index contributed by atoms with van der Waals surface area (Å²) < 4.78 is 7.46. The second-order valence-corrected chi connectivity index (χ2v) is 4.67. The molecule has 102 valence electrons. The van der Waals surface area contributed by atoms with Gasteiger partial charge in [0, 0.05) is 39.6 Å². The Morgan fingerprint density at radius 2 is 2.44 bits per heavy atom. The van der Waals surface area contributed by atoms with Crippen LogP contribution in [0.3, 0.4) is 0 Å². The van der Waals surface area contributed by atoms with Crippen molar-refractivity contribution >= 4 is 0 Å². The van der Waals surface area contributed by atoms with Gasteiger partial charge in [-0.3, -0.25) is 9.58 Å². The lowest BCUT2D eigenvalue weighted by Crippen LogP contribution is -2.46. The van der Waals surface area contributed by atoms with Gasteiger partial charge in [-0.05, 0) is 6.54 Å². The number of hydrogen-bond acceptors (Lipinski definition) is 5. The number of rotatable bonds is 6. The third kappa shape index (κ3) is 4.04. The molecule has 0 saturated carbocycles. The average molecular weight is 253 g/mol. The minimum Gasteiger partial charge on any atom is -0.374 e. The molecule has 1 aliphatic heterocycles. The lowest BCUT2D eigenvalue weighted by molar-refractivity contribution is -0.0251. The van der Waals surface area contributed by atoms with Crippen molar-refractivity contribution in [3.05, 3.63) is 12.2 Å². The first-order valence-electron chi connectivity index (χ1n) is 6.67. The molecular weight excluding hydrogens is 230 g/mol. The summed E-state index contributed by atoms with van der Waals surface area (Å²) in [7, 11) is 1.89. The molecule has 1 fully saturated rings. The quantitative estimate of drug-likeness (QED) is 0.704. The third-order valence-corrected chi connectivity index (χ3v) is 3.21. The van der Waals surface area contributed by atoms with Crippen molar-refractivity contribution in [3.63, 3.8) is 0 Å². The van der Waals surface area contributed by atoms with Crippen LogP contribution in [0.1, 0.15) is 12.7 Å². The smallest absolute Gasteiger partial charge is 0.151 e. The van der Waals surface area contributed by atoms with E-state index in [0.717, 1.165) is 51.6 Å². The molecule has 1 atom stereocenters. The summed E-state index contributed by atoms with van der Waals surface area (Å²) in [6.07, 6.45) is 2.92. The molecule has 2 heterocycles. The van der Waals surface area contributed by atoms with E-state index in [4.69, 9.17) is 4.74 Å². The van der Waals surface area contributed by atoms with Gasteiger partial charge >= 0.3 is 0 Å². The predicted molar refractivity (Wildman–Crippen MR) is 69.4 cm³/mol. The first kappa shape index (κ1) is 13.5. The van der Waals surface area contributed by atoms with E-state index >= 15 is 0 Å². The number of hydrogen-bond donors (Lipinski definition) is 1. The maximum Gasteiger partial charge on any atom is 0.151 e. The first-order valence-corrected chi connectivity index (χ1v) is 6.67. The highest BCUT2D eigenvalue weighted by molar-refractivity contribution is 4.82. The summed E-state index contributed by atoms with van der Waals surface area (Å²) in [5.74, 6) is 0.893. The Bertz CT molecular complexity index is 354. The Morgan fingerprint density at radius 3 is 3.17 bits per heavy atom. The number of likely N-dealkylation sites (N-methyl/N-ethyl adjacent to an activating group) is 1. The zero-order valence-corrected chi connectivity index (χ0v) is 11.3. The average Bonchev–Trinajstić information content (AvgIpc) is 2.81. The highest BCUT2D eigenvalue weighted by atomic mass is 16.5. The van der Waals surface area contributed by atoms with E-state index in [0.29, 0.717) is 6.10 Å². The Kier molecular flexibility index (Phi) is 5.10. The van der Waals surface area contributed by atoms with Crippen molar-refractivity contribution in [3.8, 4) is 0 Å². The fourth-order valence-electron chi connectivity index (χ4n) is 2.15. The van der Waals surface area contributed by atoms with Crippen LogP contribution < -0.4 is 5.32 Å². The lowest BCUT2D eigenvalue weighted by Gasteiger charge is -2.32. The Morgan fingerprint density at radius 1 is 1.56 bits per heavy atom. The lowest BCUT2D eigenvalue weighted by atomic mass is 10.2. The Balaban J connectivity index is 1.60. The zero-order valence-electron chi connectivity index (χ0n) is 11.3. The van der Waals surface area contributed by atoms with Gasteiger partial charge in [-0.2, -0.15) is 5.10 Å². The molecule has 1 N–H and O–H groups in total. The predicted octanol–water partition coefficient (Wildman–Crippen LogP) is -0.332. The van der Waals surface area contributed by atoms with Gasteiger partial charge in [-0.25, -0.2) is 4.98 Å². The molecule has 0 amide bonds. The normalized spacial score (nSPS) is 21.3. The van der Waals surface area contributed by atoms with Crippen molar-refractivity contribution in [2.75, 3.05) is 39.3 Å². The molecule has 18 heavy (non-hydrogen) atoms. The number of aryl methyl sites for hydroxylation is 1. The summed E-state index contributed by atoms with van der Waals surface area (Å²) in [4.78, 5) is 6.62. The molecule has 1 unspecified atom stereocenters. The van der Waals surface area contributed by atoms with Crippen molar-refractivity contribution < 1.29 is 4.74 Å². The Labute approximate surface area is 108 Å². The van der Waals surface area contributed by atoms with E-state index < -0.39 is 0 Å². The van der Waals surface area contributed by atoms with Crippen molar-refractivity contribution in [2.45, 2.75) is 19.4 Å². The minimum absolute atomic E-state index is 0.315. The number of nitrogens with one attached hydrogen (secondary N) is 1. The summed E-state index contributed by atoms with van der Waals surface area (Å²) in [6, 6.07) is 0. The van der Waals surface area contributed by atoms with Crippen LogP contribution in [0.25, 0.3) is 0 Å². The van der Waals surface area contributed by atoms with Gasteiger partial charge < -0.3 is 10.1 Å². The maximum absolute atomic E-state index is 5.73. The molecular formula is C12H23N5O. The van der Waals surface area contributed by atoms with Crippen molar-refractivity contribution in [2.24, 2.45) is 7.05 Å². The fourth-order valence-corrected chi connectivity index (χ4v) is 2.15. The van der Waals surface area contributed by atoms with Crippen LogP contribution in [0, 0.1) is 0 Å². The molecule has 0 aromatic carbocycles. The molecule has 2 rings (SSSR count). The number of morpholine rings is 1. The molecule has 1 saturated heterocycles. The SMILES string of the molecule is CCN1CCOC(CNCCc2ncn(C)n2)C1. The summed E-state index contributed by atoms with van der Waals surface area (Å²) >= 11 is 0. The standard InChI is InChI=1S/C12H23N5O/c1-3-17-6-7-18-11(9-17)8-13-5-4-12-14-10-16(2)15-12/h10-11,13H,3-9H2,1-2H3. The number of aromatic nitrogens is 3. The Hall–Kier alpha value is -0.980. The van der Waals surface area contributed by atoms with Crippen LogP contribution in [0.5, 0.6) is 0 Å². The van der Waals surface area contributed by atoms with Gasteiger partial charge in [0.1, 0.15) is 6.33 Å². The van der Waals surface area contributed by atoms with E-state index in [9.17, 15) is 0 Å². The fraction of sp³-hybridized carbons (Fsp3) is 0.833. The zero-order chi connectivity index (χ0) is 12.8. The third-order valence-electron chi connectivity index (χ3n) is 3.21. The molecule has 0 spiro atoms. The maximum atomic E-state index is 5.73. The van der Waals surface area contributed by atoms with Gasteiger partial charge in [0.2, 0.25) is 0 Å². The van der Waals surface area contributed by atoms with Gasteiger partial charge in [0.15, 0.2) is 5.82 Å². The highest BCUT2D eigenvalue weighted by Gasteiger charge is 2.18. The van der Waals surface area contributed by atoms with Gasteiger partial charge in [0.25, 0.3) is 0 Å². The molecule has 6 heteroatoms. The van der Waals surface area contributed by atoms with E-state index in [1.54, 1.807) is 11.0 Å². The first-order chi connectivity index (χ1) is 8.78. The number of nitrogens with zero attached hydrogens (tertiary/aromatic N) is 4. The van der Waals surface area contributed by atoms with Gasteiger partial charge in [-0.15, -0.1) is 0 Å². The van der Waals surface area contributed by atoms with Gasteiger partial charge in [0.05, 0.1) is 12.7 Å². The number of ether oxygens (including phenoxy) is 1. The van der Waals surface area contributed by atoms with E-state index in [2.05, 4.69) is 27.2 Å². The molecule has 0 aliphatic carbocycles. The topological polar surface area (TPSA) is 55.2 Å². The van der Waals surface area contributed by atoms with Crippen LogP contribution in [0.15, 0.2) is 6.33 Å². The largest absolute Gasteiger partial charge is 0.374 e. The van der Waals surface area contributed by atoms with Crippen LogP contribution in [0.2, 0.25) is 0 Å². The van der Waals surface area contributed by atoms with E-state index in [1.807, 2.05) is 7.05 Å². The summed E-state index contributed by atoms with van der Waals surface area (Å²) in [5, 5.41) is 7.66. The molecule has 0 radical (unpaired) electrons. The van der Waals surface area contributed by atoms with Crippen molar-refractivity contribution in [1.29, 1.82) is 0 Å². The van der Waals surface area contributed by atoms with Crippen LogP contribution in [-0.2, 0) is 18.2 Å². The van der Waals surface area contributed by atoms with E-state index in [-0.39, 0.29) is 0 Å². The van der Waals surface area contributed by atoms with Crippen molar-refractivity contribution in [1.82, 2.24) is 25.0 Å². The van der Waals surface area contributed by atoms with Gasteiger partial charge in [-0.1, -0.05) is 6.92 Å². The second kappa shape index (κ2) is 6.82. The monoisotopic (exact) mass is 253 g/mol. The van der Waals surface area contributed by atoms with Crippen LogP contribution >= 0.6 is 0 Å². The van der Waals surface area contributed by atoms with E-state index in [1.165, 1.54) is 0 Å². The molecule has 1 aromatic heterocycles. The second-order valence-electron chi connectivity index (χ2n) is 4.67. The summed E-state index contributed by atoms with van der Waals surface area (Å²) in [6.45, 7) is 8.05. The molecule has 0 bridgehead atoms.